The average molecular weight is 378 g/mol. The van der Waals surface area contributed by atoms with E-state index >= 15 is 0 Å². The molecule has 26 heavy (non-hydrogen) atoms. The number of carboxylic acids is 1. The van der Waals surface area contributed by atoms with Crippen molar-refractivity contribution < 1.29 is 19.1 Å². The Morgan fingerprint density at radius 2 is 2.08 bits per heavy atom. The van der Waals surface area contributed by atoms with Gasteiger partial charge >= 0.3 is 5.97 Å². The van der Waals surface area contributed by atoms with Gasteiger partial charge in [-0.2, -0.15) is 10.2 Å². The van der Waals surface area contributed by atoms with Crippen LogP contribution in [0.1, 0.15) is 26.4 Å². The number of carbonyl (C=O) groups is 2. The number of nitrogens with zero attached hydrogens (tertiary/aromatic N) is 4. The summed E-state index contributed by atoms with van der Waals surface area (Å²) in [7, 11) is 1.51. The van der Waals surface area contributed by atoms with Crippen LogP contribution in [-0.4, -0.2) is 36.5 Å². The van der Waals surface area contributed by atoms with Crippen molar-refractivity contribution in [3.63, 3.8) is 0 Å². The zero-order valence-corrected chi connectivity index (χ0v) is 14.2. The third-order valence-electron chi connectivity index (χ3n) is 3.54. The number of aromatic carboxylic acids is 1. The lowest BCUT2D eigenvalue weighted by Gasteiger charge is -2.06. The molecule has 0 aliphatic heterocycles. The van der Waals surface area contributed by atoms with Crippen LogP contribution in [0.3, 0.4) is 0 Å². The Labute approximate surface area is 151 Å². The van der Waals surface area contributed by atoms with Gasteiger partial charge in [-0.05, 0) is 12.1 Å². The fourth-order valence-electron chi connectivity index (χ4n) is 2.36. The van der Waals surface area contributed by atoms with Crippen molar-refractivity contribution in [2.75, 3.05) is 5.32 Å². The van der Waals surface area contributed by atoms with Crippen LogP contribution in [0.5, 0.6) is 0 Å². The molecule has 2 heterocycles. The minimum Gasteiger partial charge on any atom is -0.476 e. The molecule has 0 saturated carbocycles. The molecule has 1 aromatic carbocycles. The number of rotatable bonds is 5. The molecule has 0 saturated heterocycles. The summed E-state index contributed by atoms with van der Waals surface area (Å²) in [6, 6.07) is 5.87. The monoisotopic (exact) mass is 377 g/mol. The number of amides is 1. The summed E-state index contributed by atoms with van der Waals surface area (Å²) in [6.07, 6.45) is 2.84. The van der Waals surface area contributed by atoms with Crippen LogP contribution in [-0.2, 0) is 13.6 Å². The molecule has 10 heteroatoms. The standard InChI is InChI=1S/C16H13ClFN5O3/c1-22-7-10(14(21-22)16(25)26)15(24)19-13-5-6-23(20-13)8-9-11(17)3-2-4-12(9)18/h2-7H,8H2,1H3,(H,25,26)(H,19,20,24). The van der Waals surface area contributed by atoms with E-state index in [-0.39, 0.29) is 34.2 Å². The highest BCUT2D eigenvalue weighted by molar-refractivity contribution is 6.31. The Hall–Kier alpha value is -3.20. The summed E-state index contributed by atoms with van der Waals surface area (Å²) in [5, 5.41) is 19.7. The van der Waals surface area contributed by atoms with Gasteiger partial charge in [-0.25, -0.2) is 9.18 Å². The first kappa shape index (κ1) is 17.6. The van der Waals surface area contributed by atoms with Crippen LogP contribution in [0.25, 0.3) is 0 Å². The van der Waals surface area contributed by atoms with Gasteiger partial charge in [0.2, 0.25) is 0 Å². The fraction of sp³-hybridized carbons (Fsp3) is 0.125. The molecule has 2 N–H and O–H groups in total. The van der Waals surface area contributed by atoms with Crippen LogP contribution >= 0.6 is 11.6 Å². The predicted octanol–water partition coefficient (Wildman–Crippen LogP) is 2.41. The van der Waals surface area contributed by atoms with E-state index in [2.05, 4.69) is 15.5 Å². The van der Waals surface area contributed by atoms with Gasteiger partial charge in [-0.1, -0.05) is 17.7 Å². The number of carboxylic acid groups (broad SMARTS) is 1. The summed E-state index contributed by atoms with van der Waals surface area (Å²) in [4.78, 5) is 23.4. The van der Waals surface area contributed by atoms with Gasteiger partial charge < -0.3 is 10.4 Å². The van der Waals surface area contributed by atoms with E-state index in [9.17, 15) is 14.0 Å². The number of hydrogen-bond acceptors (Lipinski definition) is 4. The molecule has 0 bridgehead atoms. The molecule has 8 nitrogen and oxygen atoms in total. The van der Waals surface area contributed by atoms with Crippen LogP contribution in [0.15, 0.2) is 36.7 Å². The summed E-state index contributed by atoms with van der Waals surface area (Å²) in [5.41, 5.74) is -0.176. The SMILES string of the molecule is Cn1cc(C(=O)Nc2ccn(Cc3c(F)cccc3Cl)n2)c(C(=O)O)n1. The van der Waals surface area contributed by atoms with Gasteiger partial charge in [-0.3, -0.25) is 14.2 Å². The zero-order chi connectivity index (χ0) is 18.8. The van der Waals surface area contributed by atoms with Crippen LogP contribution in [0, 0.1) is 5.82 Å². The maximum Gasteiger partial charge on any atom is 0.357 e. The van der Waals surface area contributed by atoms with Crippen molar-refractivity contribution in [3.8, 4) is 0 Å². The Kier molecular flexibility index (Phi) is 4.72. The van der Waals surface area contributed by atoms with Crippen molar-refractivity contribution in [3.05, 3.63) is 64.3 Å². The highest BCUT2D eigenvalue weighted by Gasteiger charge is 2.21. The Morgan fingerprint density at radius 3 is 2.77 bits per heavy atom. The number of carbonyl (C=O) groups excluding carboxylic acids is 1. The molecule has 0 spiro atoms. The molecule has 3 rings (SSSR count). The lowest BCUT2D eigenvalue weighted by atomic mass is 10.2. The summed E-state index contributed by atoms with van der Waals surface area (Å²) < 4.78 is 16.5. The Balaban J connectivity index is 1.77. The van der Waals surface area contributed by atoms with Gasteiger partial charge in [0.05, 0.1) is 12.1 Å². The van der Waals surface area contributed by atoms with Crippen molar-refractivity contribution in [1.29, 1.82) is 0 Å². The van der Waals surface area contributed by atoms with Gasteiger partial charge in [0.15, 0.2) is 11.5 Å². The largest absolute Gasteiger partial charge is 0.476 e. The fourth-order valence-corrected chi connectivity index (χ4v) is 2.58. The smallest absolute Gasteiger partial charge is 0.357 e. The maximum atomic E-state index is 13.8. The second-order valence-electron chi connectivity index (χ2n) is 5.42. The molecule has 0 atom stereocenters. The number of aryl methyl sites for hydroxylation is 1. The molecule has 0 fully saturated rings. The summed E-state index contributed by atoms with van der Waals surface area (Å²) >= 11 is 5.98. The van der Waals surface area contributed by atoms with Crippen molar-refractivity contribution in [2.24, 2.45) is 7.05 Å². The highest BCUT2D eigenvalue weighted by Crippen LogP contribution is 2.20. The molecule has 0 radical (unpaired) electrons. The van der Waals surface area contributed by atoms with Gasteiger partial charge in [0.25, 0.3) is 5.91 Å². The maximum absolute atomic E-state index is 13.8. The minimum absolute atomic E-state index is 0.0780. The van der Waals surface area contributed by atoms with Gasteiger partial charge in [0, 0.05) is 36.1 Å². The minimum atomic E-state index is -1.31. The third-order valence-corrected chi connectivity index (χ3v) is 3.89. The molecule has 0 aliphatic rings. The number of halogens is 2. The van der Waals surface area contributed by atoms with E-state index in [1.165, 1.54) is 40.8 Å². The van der Waals surface area contributed by atoms with Crippen molar-refractivity contribution >= 4 is 29.3 Å². The molecular formula is C16H13ClFN5O3. The lowest BCUT2D eigenvalue weighted by Crippen LogP contribution is -2.16. The number of nitrogens with one attached hydrogen (secondary N) is 1. The number of aromatic nitrogens is 4. The lowest BCUT2D eigenvalue weighted by molar-refractivity contribution is 0.0685. The van der Waals surface area contributed by atoms with E-state index in [4.69, 9.17) is 16.7 Å². The van der Waals surface area contributed by atoms with E-state index in [1.807, 2.05) is 0 Å². The predicted molar refractivity (Wildman–Crippen MR) is 90.9 cm³/mol. The van der Waals surface area contributed by atoms with Crippen molar-refractivity contribution in [1.82, 2.24) is 19.6 Å². The average Bonchev–Trinajstić information content (AvgIpc) is 3.17. The molecule has 0 unspecified atom stereocenters. The van der Waals surface area contributed by atoms with Crippen LogP contribution < -0.4 is 5.32 Å². The van der Waals surface area contributed by atoms with E-state index in [0.717, 1.165) is 0 Å². The first-order valence-corrected chi connectivity index (χ1v) is 7.77. The summed E-state index contributed by atoms with van der Waals surface area (Å²) in [5.74, 6) is -2.25. The van der Waals surface area contributed by atoms with Gasteiger partial charge in [-0.15, -0.1) is 0 Å². The molecular weight excluding hydrogens is 365 g/mol. The number of hydrogen-bond donors (Lipinski definition) is 2. The molecule has 134 valence electrons. The first-order chi connectivity index (χ1) is 12.3. The normalized spacial score (nSPS) is 10.7. The molecule has 3 aromatic rings. The van der Waals surface area contributed by atoms with E-state index in [1.54, 1.807) is 12.3 Å². The second kappa shape index (κ2) is 6.96. The molecule has 0 aliphatic carbocycles. The first-order valence-electron chi connectivity index (χ1n) is 7.40. The Bertz CT molecular complexity index is 977. The van der Waals surface area contributed by atoms with Gasteiger partial charge in [0.1, 0.15) is 5.82 Å². The van der Waals surface area contributed by atoms with Crippen LogP contribution in [0.4, 0.5) is 10.2 Å². The third kappa shape index (κ3) is 3.57. The number of anilines is 1. The van der Waals surface area contributed by atoms with Crippen LogP contribution in [0.2, 0.25) is 5.02 Å². The molecule has 1 amide bonds. The number of benzene rings is 1. The van der Waals surface area contributed by atoms with E-state index < -0.39 is 17.7 Å². The van der Waals surface area contributed by atoms with E-state index in [0.29, 0.717) is 0 Å². The quantitative estimate of drug-likeness (QED) is 0.710. The highest BCUT2D eigenvalue weighted by atomic mass is 35.5. The molecule has 2 aromatic heterocycles. The van der Waals surface area contributed by atoms with Crippen molar-refractivity contribution in [2.45, 2.75) is 6.54 Å². The Morgan fingerprint density at radius 1 is 1.31 bits per heavy atom. The zero-order valence-electron chi connectivity index (χ0n) is 13.5. The second-order valence-corrected chi connectivity index (χ2v) is 5.83. The topological polar surface area (TPSA) is 102 Å². The summed E-state index contributed by atoms with van der Waals surface area (Å²) in [6.45, 7) is 0.0780.